The van der Waals surface area contributed by atoms with Gasteiger partial charge in [-0.1, -0.05) is 6.07 Å². The van der Waals surface area contributed by atoms with E-state index < -0.39 is 0 Å². The van der Waals surface area contributed by atoms with Gasteiger partial charge in [0.05, 0.1) is 24.8 Å². The van der Waals surface area contributed by atoms with Crippen molar-refractivity contribution in [3.63, 3.8) is 0 Å². The van der Waals surface area contributed by atoms with Crippen LogP contribution in [-0.2, 0) is 4.74 Å². The lowest BCUT2D eigenvalue weighted by atomic mass is 10.3. The average Bonchev–Trinajstić information content (AvgIpc) is 2.48. The third-order valence-corrected chi connectivity index (χ3v) is 3.28. The fourth-order valence-corrected chi connectivity index (χ4v) is 2.02. The van der Waals surface area contributed by atoms with Crippen molar-refractivity contribution in [1.82, 2.24) is 4.90 Å². The van der Waals surface area contributed by atoms with Crippen molar-refractivity contribution < 1.29 is 9.47 Å². The molecule has 2 N–H and O–H groups in total. The monoisotopic (exact) mass is 297 g/mol. The summed E-state index contributed by atoms with van der Waals surface area (Å²) >= 11 is 5.61. The Bertz CT molecular complexity index is 448. The first kappa shape index (κ1) is 15.1. The summed E-state index contributed by atoms with van der Waals surface area (Å²) in [6.45, 7) is 5.11. The molecule has 0 spiro atoms. The second kappa shape index (κ2) is 8.09. The molecule has 1 saturated heterocycles. The zero-order chi connectivity index (χ0) is 14.2. The number of halogens is 1. The van der Waals surface area contributed by atoms with Crippen LogP contribution in [0.2, 0.25) is 0 Å². The zero-order valence-corrected chi connectivity index (χ0v) is 12.2. The summed E-state index contributed by atoms with van der Waals surface area (Å²) < 4.78 is 11.0. The number of ether oxygens (including phenoxy) is 2. The highest BCUT2D eigenvalue weighted by molar-refractivity contribution is 6.28. The highest BCUT2D eigenvalue weighted by Gasteiger charge is 2.09. The Balaban J connectivity index is 1.81. The molecule has 1 fully saturated rings. The smallest absolute Gasteiger partial charge is 0.121 e. The van der Waals surface area contributed by atoms with E-state index in [1.807, 2.05) is 24.3 Å². The first-order chi connectivity index (χ1) is 9.78. The van der Waals surface area contributed by atoms with E-state index in [2.05, 4.69) is 9.89 Å². The molecule has 1 aromatic rings. The molecule has 0 atom stereocenters. The van der Waals surface area contributed by atoms with Gasteiger partial charge >= 0.3 is 0 Å². The van der Waals surface area contributed by atoms with Crippen LogP contribution < -0.4 is 10.5 Å². The Morgan fingerprint density at radius 3 is 2.95 bits per heavy atom. The van der Waals surface area contributed by atoms with Crippen molar-refractivity contribution in [3.05, 3.63) is 24.3 Å². The SMILES string of the molecule is NC(CCl)=Nc1cccc(OCCN2CCOCC2)c1. The van der Waals surface area contributed by atoms with Gasteiger partial charge in [-0.2, -0.15) is 0 Å². The molecule has 1 aliphatic rings. The molecule has 1 aliphatic heterocycles. The summed E-state index contributed by atoms with van der Waals surface area (Å²) in [6.07, 6.45) is 0. The molecule has 1 aromatic carbocycles. The summed E-state index contributed by atoms with van der Waals surface area (Å²) in [4.78, 5) is 6.52. The third-order valence-electron chi connectivity index (χ3n) is 3.01. The minimum Gasteiger partial charge on any atom is -0.492 e. The van der Waals surface area contributed by atoms with Gasteiger partial charge in [-0.05, 0) is 12.1 Å². The van der Waals surface area contributed by atoms with Gasteiger partial charge in [0.15, 0.2) is 0 Å². The Kier molecular flexibility index (Phi) is 6.11. The Labute approximate surface area is 124 Å². The molecule has 20 heavy (non-hydrogen) atoms. The molecule has 0 unspecified atom stereocenters. The van der Waals surface area contributed by atoms with E-state index in [0.29, 0.717) is 12.4 Å². The summed E-state index contributed by atoms with van der Waals surface area (Å²) in [5, 5.41) is 0. The highest BCUT2D eigenvalue weighted by Crippen LogP contribution is 2.20. The van der Waals surface area contributed by atoms with Gasteiger partial charge in [0.1, 0.15) is 18.2 Å². The van der Waals surface area contributed by atoms with Crippen molar-refractivity contribution in [3.8, 4) is 5.75 Å². The molecular weight excluding hydrogens is 278 g/mol. The maximum atomic E-state index is 5.74. The zero-order valence-electron chi connectivity index (χ0n) is 11.4. The summed E-state index contributed by atoms with van der Waals surface area (Å²) in [6, 6.07) is 7.53. The molecule has 1 heterocycles. The third kappa shape index (κ3) is 5.00. The minimum absolute atomic E-state index is 0.224. The fourth-order valence-electron chi connectivity index (χ4n) is 1.96. The Morgan fingerprint density at radius 1 is 1.40 bits per heavy atom. The summed E-state index contributed by atoms with van der Waals surface area (Å²) in [5.74, 6) is 1.42. The van der Waals surface area contributed by atoms with Crippen LogP contribution in [0.3, 0.4) is 0 Å². The number of alkyl halides is 1. The predicted octanol–water partition coefficient (Wildman–Crippen LogP) is 1.63. The molecule has 0 saturated carbocycles. The molecule has 0 bridgehead atoms. The van der Waals surface area contributed by atoms with Crippen molar-refractivity contribution in [2.45, 2.75) is 0 Å². The second-order valence-corrected chi connectivity index (χ2v) is 4.80. The molecule has 6 heteroatoms. The van der Waals surface area contributed by atoms with E-state index in [1.165, 1.54) is 0 Å². The van der Waals surface area contributed by atoms with Crippen LogP contribution in [-0.4, -0.2) is 56.1 Å². The molecule has 5 nitrogen and oxygen atoms in total. The lowest BCUT2D eigenvalue weighted by molar-refractivity contribution is 0.0322. The van der Waals surface area contributed by atoms with Crippen LogP contribution in [0.25, 0.3) is 0 Å². The normalized spacial score (nSPS) is 17.1. The number of benzene rings is 1. The van der Waals surface area contributed by atoms with E-state index in [1.54, 1.807) is 0 Å². The number of nitrogens with zero attached hydrogens (tertiary/aromatic N) is 2. The average molecular weight is 298 g/mol. The first-order valence-corrected chi connectivity index (χ1v) is 7.23. The van der Waals surface area contributed by atoms with Crippen molar-refractivity contribution in [2.75, 3.05) is 45.3 Å². The van der Waals surface area contributed by atoms with Gasteiger partial charge in [-0.25, -0.2) is 4.99 Å². The van der Waals surface area contributed by atoms with Crippen molar-refractivity contribution >= 4 is 23.1 Å². The van der Waals surface area contributed by atoms with Crippen molar-refractivity contribution in [1.29, 1.82) is 0 Å². The van der Waals surface area contributed by atoms with Crippen LogP contribution in [0, 0.1) is 0 Å². The van der Waals surface area contributed by atoms with Gasteiger partial charge in [0.25, 0.3) is 0 Å². The van der Waals surface area contributed by atoms with E-state index in [9.17, 15) is 0 Å². The lowest BCUT2D eigenvalue weighted by Crippen LogP contribution is -2.38. The molecule has 2 rings (SSSR count). The number of hydrogen-bond acceptors (Lipinski definition) is 4. The minimum atomic E-state index is 0.224. The summed E-state index contributed by atoms with van der Waals surface area (Å²) in [5.41, 5.74) is 6.37. The van der Waals surface area contributed by atoms with E-state index in [4.69, 9.17) is 26.8 Å². The molecular formula is C14H20ClN3O2. The Morgan fingerprint density at radius 2 is 2.20 bits per heavy atom. The molecule has 110 valence electrons. The second-order valence-electron chi connectivity index (χ2n) is 4.54. The number of nitrogens with two attached hydrogens (primary N) is 1. The predicted molar refractivity (Wildman–Crippen MR) is 81.2 cm³/mol. The standard InChI is InChI=1S/C14H20ClN3O2/c15-11-14(16)17-12-2-1-3-13(10-12)20-9-6-18-4-7-19-8-5-18/h1-3,10H,4-9,11H2,(H2,16,17). The highest BCUT2D eigenvalue weighted by atomic mass is 35.5. The first-order valence-electron chi connectivity index (χ1n) is 6.70. The summed E-state index contributed by atoms with van der Waals surface area (Å²) in [7, 11) is 0. The van der Waals surface area contributed by atoms with Crippen LogP contribution >= 0.6 is 11.6 Å². The Hall–Kier alpha value is -1.30. The number of amidine groups is 1. The fraction of sp³-hybridized carbons (Fsp3) is 0.500. The van der Waals surface area contributed by atoms with Crippen LogP contribution in [0.1, 0.15) is 0 Å². The van der Waals surface area contributed by atoms with E-state index >= 15 is 0 Å². The topological polar surface area (TPSA) is 60.1 Å². The molecule has 0 amide bonds. The maximum Gasteiger partial charge on any atom is 0.121 e. The van der Waals surface area contributed by atoms with E-state index in [-0.39, 0.29) is 5.88 Å². The van der Waals surface area contributed by atoms with Gasteiger partial charge in [0.2, 0.25) is 0 Å². The van der Waals surface area contributed by atoms with Crippen LogP contribution in [0.15, 0.2) is 29.3 Å². The largest absolute Gasteiger partial charge is 0.492 e. The van der Waals surface area contributed by atoms with Crippen molar-refractivity contribution in [2.24, 2.45) is 10.7 Å². The lowest BCUT2D eigenvalue weighted by Gasteiger charge is -2.26. The van der Waals surface area contributed by atoms with Gasteiger partial charge in [-0.15, -0.1) is 11.6 Å². The number of morpholine rings is 1. The van der Waals surface area contributed by atoms with Crippen LogP contribution in [0.4, 0.5) is 5.69 Å². The van der Waals surface area contributed by atoms with Gasteiger partial charge in [0, 0.05) is 25.7 Å². The maximum absolute atomic E-state index is 5.74. The number of hydrogen-bond donors (Lipinski definition) is 1. The van der Waals surface area contributed by atoms with E-state index in [0.717, 1.165) is 44.3 Å². The molecule has 0 aromatic heterocycles. The van der Waals surface area contributed by atoms with Gasteiger partial charge < -0.3 is 15.2 Å². The molecule has 0 radical (unpaired) electrons. The quantitative estimate of drug-likeness (QED) is 0.492. The van der Waals surface area contributed by atoms with Gasteiger partial charge in [-0.3, -0.25) is 4.90 Å². The van der Waals surface area contributed by atoms with Crippen LogP contribution in [0.5, 0.6) is 5.75 Å². The number of rotatable bonds is 6. The number of aliphatic imine (C=N–C) groups is 1. The molecule has 0 aliphatic carbocycles.